The van der Waals surface area contributed by atoms with Crippen LogP contribution in [-0.4, -0.2) is 29.5 Å². The van der Waals surface area contributed by atoms with Gasteiger partial charge in [0.2, 0.25) is 0 Å². The maximum atomic E-state index is 11.7. The van der Waals surface area contributed by atoms with Crippen molar-refractivity contribution in [1.82, 2.24) is 0 Å². The van der Waals surface area contributed by atoms with Gasteiger partial charge < -0.3 is 19.3 Å². The summed E-state index contributed by atoms with van der Waals surface area (Å²) in [4.78, 5) is 16.7. The average molecular weight is 580 g/mol. The number of hydrogen-bond acceptors (Lipinski definition) is 5. The lowest BCUT2D eigenvalue weighted by Crippen LogP contribution is -2.32. The van der Waals surface area contributed by atoms with Crippen molar-refractivity contribution in [3.63, 3.8) is 0 Å². The summed E-state index contributed by atoms with van der Waals surface area (Å²) >= 11 is 0. The Balaban J connectivity index is 1.00. The van der Waals surface area contributed by atoms with Crippen LogP contribution in [-0.2, 0) is 16.9 Å². The van der Waals surface area contributed by atoms with E-state index in [2.05, 4.69) is 44.2 Å². The van der Waals surface area contributed by atoms with Crippen LogP contribution in [0.1, 0.15) is 96.0 Å². The standard InChI is InChI=1S/C37H41NO5/c1-22-7-13-31(23(2)17-22)37(3)42-34-6-4-5-26(35(34)43-37)18-24-8-10-25(11-9-24)19-33-30(21-28-15-16-41-28)29-20-27(36(39)40)12-14-32(29)38-33/h4-7,12-14,17,20,24-25,28,30H,8-11,15-16,18-19,21H2,1-3H3,(H,39,40)/t24?,25?,28-,30?,37?/m0/s1. The van der Waals surface area contributed by atoms with Gasteiger partial charge in [0.15, 0.2) is 11.5 Å². The van der Waals surface area contributed by atoms with Gasteiger partial charge in [-0.15, -0.1) is 0 Å². The van der Waals surface area contributed by atoms with Gasteiger partial charge in [0.25, 0.3) is 5.79 Å². The van der Waals surface area contributed by atoms with E-state index in [1.54, 1.807) is 6.07 Å². The van der Waals surface area contributed by atoms with E-state index in [4.69, 9.17) is 19.2 Å². The number of carboxylic acids is 1. The van der Waals surface area contributed by atoms with Crippen LogP contribution in [0.5, 0.6) is 11.5 Å². The van der Waals surface area contributed by atoms with E-state index < -0.39 is 11.8 Å². The Labute approximate surface area is 254 Å². The number of aryl methyl sites for hydroxylation is 2. The third-order valence-electron chi connectivity index (χ3n) is 10.1. The van der Waals surface area contributed by atoms with Gasteiger partial charge in [-0.05, 0) is 118 Å². The molecule has 4 aliphatic rings. The van der Waals surface area contributed by atoms with Crippen LogP contribution in [0, 0.1) is 25.7 Å². The molecular formula is C37H41NO5. The molecule has 3 aromatic carbocycles. The largest absolute Gasteiger partial charge is 0.478 e. The van der Waals surface area contributed by atoms with Crippen LogP contribution in [0.25, 0.3) is 0 Å². The fourth-order valence-corrected chi connectivity index (χ4v) is 7.69. The number of ether oxygens (including phenoxy) is 3. The molecular weight excluding hydrogens is 538 g/mol. The molecule has 1 saturated heterocycles. The zero-order valence-electron chi connectivity index (χ0n) is 25.4. The Morgan fingerprint density at radius 3 is 2.42 bits per heavy atom. The normalized spacial score (nSPS) is 27.4. The van der Waals surface area contributed by atoms with Gasteiger partial charge in [-0.1, -0.05) is 35.9 Å². The summed E-state index contributed by atoms with van der Waals surface area (Å²) in [5.74, 6) is 1.39. The summed E-state index contributed by atoms with van der Waals surface area (Å²) < 4.78 is 18.8. The first-order valence-corrected chi connectivity index (χ1v) is 15.9. The van der Waals surface area contributed by atoms with E-state index in [0.717, 1.165) is 60.6 Å². The summed E-state index contributed by atoms with van der Waals surface area (Å²) in [6.45, 7) is 7.07. The highest BCUT2D eigenvalue weighted by atomic mass is 16.7. The zero-order chi connectivity index (χ0) is 29.7. The highest BCUT2D eigenvalue weighted by Crippen LogP contribution is 2.48. The van der Waals surface area contributed by atoms with E-state index in [1.165, 1.54) is 48.1 Å². The molecule has 3 aromatic rings. The van der Waals surface area contributed by atoms with Crippen molar-refractivity contribution < 1.29 is 24.1 Å². The van der Waals surface area contributed by atoms with E-state index in [1.807, 2.05) is 25.1 Å². The number of aliphatic imine (C=N–C) groups is 1. The van der Waals surface area contributed by atoms with E-state index in [9.17, 15) is 9.90 Å². The van der Waals surface area contributed by atoms with Crippen molar-refractivity contribution in [2.45, 2.75) is 89.9 Å². The number of fused-ring (bicyclic) bond motifs is 2. The molecule has 1 N–H and O–H groups in total. The third kappa shape index (κ3) is 5.46. The highest BCUT2D eigenvalue weighted by molar-refractivity contribution is 5.99. The maximum absolute atomic E-state index is 11.7. The average Bonchev–Trinajstić information content (AvgIpc) is 3.48. The molecule has 0 aromatic heterocycles. The SMILES string of the molecule is Cc1ccc(C2(C)Oc3cccc(CC4CCC(CC5=Nc6ccc(C(=O)O)cc6C5C[C@@H]5CCO5)CC4)c3O2)c(C)c1. The topological polar surface area (TPSA) is 77.4 Å². The van der Waals surface area contributed by atoms with Crippen LogP contribution >= 0.6 is 0 Å². The Morgan fingerprint density at radius 2 is 1.72 bits per heavy atom. The van der Waals surface area contributed by atoms with Gasteiger partial charge >= 0.3 is 5.97 Å². The van der Waals surface area contributed by atoms with E-state index >= 15 is 0 Å². The molecule has 2 fully saturated rings. The van der Waals surface area contributed by atoms with Gasteiger partial charge in [-0.2, -0.15) is 0 Å². The van der Waals surface area contributed by atoms with Crippen LogP contribution in [0.2, 0.25) is 0 Å². The molecule has 43 heavy (non-hydrogen) atoms. The molecule has 0 radical (unpaired) electrons. The first-order valence-electron chi connectivity index (χ1n) is 15.9. The number of carbonyl (C=O) groups is 1. The first-order chi connectivity index (χ1) is 20.8. The van der Waals surface area contributed by atoms with E-state index in [0.29, 0.717) is 17.4 Å². The second kappa shape index (κ2) is 11.1. The summed E-state index contributed by atoms with van der Waals surface area (Å²) in [5.41, 5.74) is 8.27. The summed E-state index contributed by atoms with van der Waals surface area (Å²) in [6, 6.07) is 18.1. The highest BCUT2D eigenvalue weighted by Gasteiger charge is 2.41. The van der Waals surface area contributed by atoms with Crippen LogP contribution in [0.3, 0.4) is 0 Å². The van der Waals surface area contributed by atoms with Crippen molar-refractivity contribution in [2.75, 3.05) is 6.61 Å². The fraction of sp³-hybridized carbons (Fsp3) is 0.459. The Hall–Kier alpha value is -3.64. The monoisotopic (exact) mass is 579 g/mol. The number of carboxylic acid groups (broad SMARTS) is 1. The molecule has 224 valence electrons. The van der Waals surface area contributed by atoms with Gasteiger partial charge in [0, 0.05) is 30.7 Å². The molecule has 6 nitrogen and oxygen atoms in total. The molecule has 2 unspecified atom stereocenters. The molecule has 3 aliphatic heterocycles. The number of benzene rings is 3. The van der Waals surface area contributed by atoms with Crippen molar-refractivity contribution >= 4 is 17.4 Å². The smallest absolute Gasteiger partial charge is 0.335 e. The number of nitrogens with zero attached hydrogens (tertiary/aromatic N) is 1. The molecule has 3 atom stereocenters. The minimum atomic E-state index is -0.885. The minimum absolute atomic E-state index is 0.160. The molecule has 0 amide bonds. The second-order valence-corrected chi connectivity index (χ2v) is 13.3. The number of para-hydroxylation sites is 1. The van der Waals surface area contributed by atoms with Crippen LogP contribution in [0.15, 0.2) is 59.6 Å². The quantitative estimate of drug-likeness (QED) is 0.290. The van der Waals surface area contributed by atoms with E-state index in [-0.39, 0.29) is 12.0 Å². The van der Waals surface area contributed by atoms with Crippen molar-refractivity contribution in [1.29, 1.82) is 0 Å². The van der Waals surface area contributed by atoms with Crippen LogP contribution in [0.4, 0.5) is 5.69 Å². The third-order valence-corrected chi connectivity index (χ3v) is 10.1. The van der Waals surface area contributed by atoms with Crippen LogP contribution < -0.4 is 9.47 Å². The van der Waals surface area contributed by atoms with Crippen molar-refractivity contribution in [3.05, 3.63) is 88.0 Å². The van der Waals surface area contributed by atoms with Crippen molar-refractivity contribution in [3.8, 4) is 11.5 Å². The molecule has 1 aliphatic carbocycles. The number of rotatable bonds is 8. The van der Waals surface area contributed by atoms with Gasteiger partial charge in [-0.25, -0.2) is 4.79 Å². The molecule has 1 saturated carbocycles. The number of aromatic carboxylic acids is 1. The lowest BCUT2D eigenvalue weighted by Gasteiger charge is -2.32. The summed E-state index contributed by atoms with van der Waals surface area (Å²) in [6.07, 6.45) is 8.92. The molecule has 3 heterocycles. The summed E-state index contributed by atoms with van der Waals surface area (Å²) in [5, 5.41) is 9.57. The fourth-order valence-electron chi connectivity index (χ4n) is 7.69. The van der Waals surface area contributed by atoms with Gasteiger partial charge in [0.1, 0.15) is 0 Å². The Kier molecular flexibility index (Phi) is 7.29. The van der Waals surface area contributed by atoms with Gasteiger partial charge in [0.05, 0.1) is 17.4 Å². The lowest BCUT2D eigenvalue weighted by molar-refractivity contribution is -0.0689. The zero-order valence-corrected chi connectivity index (χ0v) is 25.4. The molecule has 0 bridgehead atoms. The Bertz CT molecular complexity index is 1580. The molecule has 0 spiro atoms. The first kappa shape index (κ1) is 28.1. The minimum Gasteiger partial charge on any atom is -0.478 e. The molecule has 6 heteroatoms. The maximum Gasteiger partial charge on any atom is 0.335 e. The Morgan fingerprint density at radius 1 is 0.953 bits per heavy atom. The molecule has 7 rings (SSSR count). The predicted molar refractivity (Wildman–Crippen MR) is 167 cm³/mol. The predicted octanol–water partition coefficient (Wildman–Crippen LogP) is 8.43. The van der Waals surface area contributed by atoms with Gasteiger partial charge in [-0.3, -0.25) is 4.99 Å². The summed E-state index contributed by atoms with van der Waals surface area (Å²) in [7, 11) is 0. The number of hydrogen-bond donors (Lipinski definition) is 1. The lowest BCUT2D eigenvalue weighted by atomic mass is 9.75. The van der Waals surface area contributed by atoms with Crippen molar-refractivity contribution in [2.24, 2.45) is 16.8 Å². The second-order valence-electron chi connectivity index (χ2n) is 13.3.